The normalized spacial score (nSPS) is 15.5. The Kier molecular flexibility index (Phi) is 5.83. The second kappa shape index (κ2) is 6.73. The second-order valence-corrected chi connectivity index (χ2v) is 7.93. The zero-order valence-electron chi connectivity index (χ0n) is 11.9. The lowest BCUT2D eigenvalue weighted by molar-refractivity contribution is 0.487. The number of sulfone groups is 1. The maximum atomic E-state index is 12.4. The average molecular weight is 304 g/mol. The lowest BCUT2D eigenvalue weighted by Gasteiger charge is -2.21. The van der Waals surface area contributed by atoms with E-state index in [0.717, 1.165) is 11.1 Å². The molecule has 0 fully saturated rings. The van der Waals surface area contributed by atoms with Crippen LogP contribution in [0.15, 0.2) is 24.3 Å². The summed E-state index contributed by atoms with van der Waals surface area (Å²) in [5, 5.41) is -0.514. The van der Waals surface area contributed by atoms with E-state index >= 15 is 0 Å². The van der Waals surface area contributed by atoms with Crippen LogP contribution in [-0.2, 0) is 9.84 Å². The molecule has 0 saturated carbocycles. The fraction of sp³-hybridized carbons (Fsp3) is 0.571. The molecule has 1 aromatic carbocycles. The summed E-state index contributed by atoms with van der Waals surface area (Å²) in [6, 6.07) is 7.37. The van der Waals surface area contributed by atoms with E-state index in [4.69, 9.17) is 11.8 Å². The van der Waals surface area contributed by atoms with Crippen molar-refractivity contribution in [2.75, 3.05) is 5.75 Å². The summed E-state index contributed by atoms with van der Waals surface area (Å²) in [7, 11) is -3.23. The van der Waals surface area contributed by atoms with Crippen LogP contribution in [0.2, 0.25) is 0 Å². The van der Waals surface area contributed by atoms with Gasteiger partial charge in [-0.2, -0.15) is 0 Å². The molecule has 2 atom stereocenters. The molecule has 0 saturated heterocycles. The van der Waals surface area contributed by atoms with Crippen LogP contribution in [-0.4, -0.2) is 20.2 Å². The number of hydrogen-bond acceptors (Lipinski definition) is 3. The summed E-state index contributed by atoms with van der Waals surface area (Å²) in [5.41, 5.74) is 1.94. The first-order valence-corrected chi connectivity index (χ1v) is 8.51. The average Bonchev–Trinajstić information content (AvgIpc) is 2.35. The Labute approximate surface area is 121 Å². The Morgan fingerprint density at radius 1 is 1.16 bits per heavy atom. The standard InChI is InChI=1S/C14H22ClNO2S/c1-10(2)14(16-15)9-19(17,18)12(4)13-7-5-11(3)6-8-13/h5-8,10,12,14,16H,9H2,1-4H3. The van der Waals surface area contributed by atoms with E-state index in [1.165, 1.54) is 0 Å². The maximum absolute atomic E-state index is 12.4. The molecular formula is C14H22ClNO2S. The van der Waals surface area contributed by atoms with Crippen molar-refractivity contribution in [1.29, 1.82) is 0 Å². The van der Waals surface area contributed by atoms with E-state index in [1.807, 2.05) is 45.0 Å². The molecule has 108 valence electrons. The molecule has 3 nitrogen and oxygen atoms in total. The Hall–Kier alpha value is -0.580. The van der Waals surface area contributed by atoms with Crippen LogP contribution < -0.4 is 4.84 Å². The molecule has 0 aromatic heterocycles. The van der Waals surface area contributed by atoms with E-state index in [-0.39, 0.29) is 17.7 Å². The summed E-state index contributed by atoms with van der Waals surface area (Å²) >= 11 is 5.63. The fourth-order valence-corrected chi connectivity index (χ4v) is 4.04. The first kappa shape index (κ1) is 16.5. The van der Waals surface area contributed by atoms with Crippen LogP contribution in [0.4, 0.5) is 0 Å². The third-order valence-electron chi connectivity index (χ3n) is 3.44. The minimum atomic E-state index is -3.23. The van der Waals surface area contributed by atoms with Gasteiger partial charge >= 0.3 is 0 Å². The summed E-state index contributed by atoms with van der Waals surface area (Å²) in [6.07, 6.45) is 0. The molecule has 0 heterocycles. The highest BCUT2D eigenvalue weighted by atomic mass is 35.5. The molecule has 0 aliphatic carbocycles. The SMILES string of the molecule is Cc1ccc(C(C)S(=O)(=O)CC(NCl)C(C)C)cc1. The minimum absolute atomic E-state index is 0.0449. The van der Waals surface area contributed by atoms with Crippen molar-refractivity contribution in [2.24, 2.45) is 5.92 Å². The van der Waals surface area contributed by atoms with Crippen molar-refractivity contribution < 1.29 is 8.42 Å². The largest absolute Gasteiger partial charge is 0.229 e. The molecule has 1 N–H and O–H groups in total. The van der Waals surface area contributed by atoms with Gasteiger partial charge in [-0.25, -0.2) is 13.3 Å². The van der Waals surface area contributed by atoms with Gasteiger partial charge in [-0.15, -0.1) is 0 Å². The molecule has 0 amide bonds. The lowest BCUT2D eigenvalue weighted by Crippen LogP contribution is -2.36. The summed E-state index contributed by atoms with van der Waals surface area (Å²) in [4.78, 5) is 2.57. The number of aryl methyl sites for hydroxylation is 1. The molecule has 0 aliphatic heterocycles. The summed E-state index contributed by atoms with van der Waals surface area (Å²) in [6.45, 7) is 7.61. The number of halogens is 1. The molecule has 19 heavy (non-hydrogen) atoms. The second-order valence-electron chi connectivity index (χ2n) is 5.34. The quantitative estimate of drug-likeness (QED) is 0.821. The van der Waals surface area contributed by atoms with Crippen molar-refractivity contribution in [2.45, 2.75) is 39.0 Å². The topological polar surface area (TPSA) is 46.2 Å². The van der Waals surface area contributed by atoms with Crippen molar-refractivity contribution in [1.82, 2.24) is 4.84 Å². The number of benzene rings is 1. The van der Waals surface area contributed by atoms with E-state index in [1.54, 1.807) is 6.92 Å². The van der Waals surface area contributed by atoms with Crippen LogP contribution in [0.25, 0.3) is 0 Å². The van der Waals surface area contributed by atoms with Crippen LogP contribution in [0, 0.1) is 12.8 Å². The van der Waals surface area contributed by atoms with Crippen LogP contribution in [0.5, 0.6) is 0 Å². The minimum Gasteiger partial charge on any atom is -0.229 e. The highest BCUT2D eigenvalue weighted by Gasteiger charge is 2.27. The van der Waals surface area contributed by atoms with E-state index < -0.39 is 15.1 Å². The van der Waals surface area contributed by atoms with Gasteiger partial charge < -0.3 is 0 Å². The molecule has 0 aliphatic rings. The molecule has 2 unspecified atom stereocenters. The smallest absolute Gasteiger partial charge is 0.158 e. The lowest BCUT2D eigenvalue weighted by atomic mass is 10.1. The molecule has 5 heteroatoms. The van der Waals surface area contributed by atoms with Gasteiger partial charge in [0.2, 0.25) is 0 Å². The van der Waals surface area contributed by atoms with Gasteiger partial charge in [-0.05, 0) is 37.1 Å². The molecule has 0 spiro atoms. The molecule has 0 bridgehead atoms. The first-order chi connectivity index (χ1) is 8.77. The predicted molar refractivity (Wildman–Crippen MR) is 81.0 cm³/mol. The highest BCUT2D eigenvalue weighted by molar-refractivity contribution is 7.91. The van der Waals surface area contributed by atoms with Gasteiger partial charge in [-0.1, -0.05) is 43.7 Å². The number of rotatable bonds is 6. The monoisotopic (exact) mass is 303 g/mol. The molecular weight excluding hydrogens is 282 g/mol. The van der Waals surface area contributed by atoms with E-state index in [0.29, 0.717) is 0 Å². The highest BCUT2D eigenvalue weighted by Crippen LogP contribution is 2.24. The van der Waals surface area contributed by atoms with Crippen molar-refractivity contribution >= 4 is 21.6 Å². The summed E-state index contributed by atoms with van der Waals surface area (Å²) in [5.74, 6) is 0.209. The Morgan fingerprint density at radius 3 is 2.11 bits per heavy atom. The number of nitrogens with one attached hydrogen (secondary N) is 1. The zero-order valence-corrected chi connectivity index (χ0v) is 13.4. The first-order valence-electron chi connectivity index (χ1n) is 6.42. The Balaban J connectivity index is 2.90. The van der Waals surface area contributed by atoms with Gasteiger partial charge in [0.15, 0.2) is 9.84 Å². The zero-order chi connectivity index (χ0) is 14.6. The van der Waals surface area contributed by atoms with Crippen molar-refractivity contribution in [3.05, 3.63) is 35.4 Å². The van der Waals surface area contributed by atoms with E-state index in [9.17, 15) is 8.42 Å². The third kappa shape index (κ3) is 4.48. The van der Waals surface area contributed by atoms with E-state index in [2.05, 4.69) is 4.84 Å². The molecule has 1 aromatic rings. The number of hydrogen-bond donors (Lipinski definition) is 1. The Morgan fingerprint density at radius 2 is 1.68 bits per heavy atom. The van der Waals surface area contributed by atoms with Crippen LogP contribution in [0.1, 0.15) is 37.1 Å². The Bertz CT molecular complexity index is 497. The van der Waals surface area contributed by atoms with Crippen molar-refractivity contribution in [3.63, 3.8) is 0 Å². The molecule has 1 rings (SSSR count). The van der Waals surface area contributed by atoms with Gasteiger partial charge in [0.25, 0.3) is 0 Å². The predicted octanol–water partition coefficient (Wildman–Crippen LogP) is 3.24. The van der Waals surface area contributed by atoms with Gasteiger partial charge in [0.1, 0.15) is 0 Å². The van der Waals surface area contributed by atoms with Crippen molar-refractivity contribution in [3.8, 4) is 0 Å². The fourth-order valence-electron chi connectivity index (χ4n) is 1.79. The summed E-state index contributed by atoms with van der Waals surface area (Å²) < 4.78 is 24.8. The van der Waals surface area contributed by atoms with Gasteiger partial charge in [0.05, 0.1) is 11.0 Å². The maximum Gasteiger partial charge on any atom is 0.158 e. The van der Waals surface area contributed by atoms with Gasteiger partial charge in [-0.3, -0.25) is 0 Å². The molecule has 0 radical (unpaired) electrons. The van der Waals surface area contributed by atoms with Crippen LogP contribution >= 0.6 is 11.8 Å². The third-order valence-corrected chi connectivity index (χ3v) is 5.90. The van der Waals surface area contributed by atoms with Crippen LogP contribution in [0.3, 0.4) is 0 Å². The van der Waals surface area contributed by atoms with Gasteiger partial charge in [0, 0.05) is 6.04 Å².